The third kappa shape index (κ3) is 3.90. The molecule has 88 valence electrons. The fourth-order valence-electron chi connectivity index (χ4n) is 0.938. The Kier molecular flexibility index (Phi) is 4.04. The van der Waals surface area contributed by atoms with Gasteiger partial charge in [0.15, 0.2) is 0 Å². The highest BCUT2D eigenvalue weighted by atomic mass is 35.5. The van der Waals surface area contributed by atoms with Gasteiger partial charge in [-0.05, 0) is 12.1 Å². The lowest BCUT2D eigenvalue weighted by atomic mass is 10.2. The molecule has 1 N–H and O–H groups in total. The number of aromatic nitrogens is 1. The van der Waals surface area contributed by atoms with Crippen LogP contribution in [0.4, 0.5) is 19.0 Å². The van der Waals surface area contributed by atoms with Crippen molar-refractivity contribution in [3.63, 3.8) is 0 Å². The predicted molar refractivity (Wildman–Crippen MR) is 57.7 cm³/mol. The number of anilines is 1. The van der Waals surface area contributed by atoms with Gasteiger partial charge < -0.3 is 5.32 Å². The Hall–Kier alpha value is -0.940. The van der Waals surface area contributed by atoms with Gasteiger partial charge in [-0.1, -0.05) is 29.8 Å². The molecule has 0 saturated carbocycles. The zero-order valence-electron chi connectivity index (χ0n) is 7.91. The molecule has 0 saturated heterocycles. The standard InChI is InChI=1S/C9H7Cl2F3N2/c1-5(10)4-15-8-3-6(9(12,13)14)2-7(11)16-8/h2-3H,1,4H2,(H,15,16). The Balaban J connectivity index is 2.94. The molecule has 1 rings (SSSR count). The van der Waals surface area contributed by atoms with Gasteiger partial charge in [0.25, 0.3) is 0 Å². The molecule has 0 amide bonds. The third-order valence-corrected chi connectivity index (χ3v) is 1.91. The zero-order valence-corrected chi connectivity index (χ0v) is 9.42. The second-order valence-electron chi connectivity index (χ2n) is 2.93. The van der Waals surface area contributed by atoms with Crippen molar-refractivity contribution in [1.82, 2.24) is 4.98 Å². The molecule has 0 atom stereocenters. The summed E-state index contributed by atoms with van der Waals surface area (Å²) in [5.41, 5.74) is -0.866. The largest absolute Gasteiger partial charge is 0.416 e. The number of alkyl halides is 3. The molecular formula is C9H7Cl2F3N2. The molecule has 0 fully saturated rings. The van der Waals surface area contributed by atoms with Crippen LogP contribution < -0.4 is 5.32 Å². The van der Waals surface area contributed by atoms with Crippen LogP contribution in [0, 0.1) is 0 Å². The predicted octanol–water partition coefficient (Wildman–Crippen LogP) is 3.92. The summed E-state index contributed by atoms with van der Waals surface area (Å²) < 4.78 is 37.2. The monoisotopic (exact) mass is 270 g/mol. The second kappa shape index (κ2) is 4.93. The summed E-state index contributed by atoms with van der Waals surface area (Å²) in [7, 11) is 0. The summed E-state index contributed by atoms with van der Waals surface area (Å²) in [4.78, 5) is 3.67. The van der Waals surface area contributed by atoms with Gasteiger partial charge in [-0.2, -0.15) is 13.2 Å². The molecule has 7 heteroatoms. The number of rotatable bonds is 3. The molecule has 0 bridgehead atoms. The SMILES string of the molecule is C=C(Cl)CNc1cc(C(F)(F)F)cc(Cl)n1. The van der Waals surface area contributed by atoms with Crippen LogP contribution in [0.3, 0.4) is 0 Å². The maximum absolute atomic E-state index is 12.4. The van der Waals surface area contributed by atoms with Crippen molar-refractivity contribution < 1.29 is 13.2 Å². The minimum absolute atomic E-state index is 0.00150. The average Bonchev–Trinajstić information content (AvgIpc) is 2.12. The molecule has 1 heterocycles. The Morgan fingerprint density at radius 2 is 2.06 bits per heavy atom. The van der Waals surface area contributed by atoms with Gasteiger partial charge in [0.05, 0.1) is 12.1 Å². The highest BCUT2D eigenvalue weighted by molar-refractivity contribution is 6.30. The minimum Gasteiger partial charge on any atom is -0.365 e. The van der Waals surface area contributed by atoms with Crippen LogP contribution in [0.5, 0.6) is 0 Å². The van der Waals surface area contributed by atoms with Crippen LogP contribution in [0.15, 0.2) is 23.7 Å². The van der Waals surface area contributed by atoms with Crippen molar-refractivity contribution in [2.24, 2.45) is 0 Å². The van der Waals surface area contributed by atoms with Gasteiger partial charge in [-0.25, -0.2) is 4.98 Å². The molecule has 16 heavy (non-hydrogen) atoms. The lowest BCUT2D eigenvalue weighted by molar-refractivity contribution is -0.137. The van der Waals surface area contributed by atoms with E-state index in [2.05, 4.69) is 16.9 Å². The fourth-order valence-corrected chi connectivity index (χ4v) is 1.21. The Morgan fingerprint density at radius 1 is 1.44 bits per heavy atom. The van der Waals surface area contributed by atoms with E-state index in [4.69, 9.17) is 23.2 Å². The van der Waals surface area contributed by atoms with Gasteiger partial charge in [0.2, 0.25) is 0 Å². The van der Waals surface area contributed by atoms with Crippen molar-refractivity contribution in [2.45, 2.75) is 6.18 Å². The van der Waals surface area contributed by atoms with E-state index in [0.29, 0.717) is 0 Å². The molecular weight excluding hydrogens is 264 g/mol. The quantitative estimate of drug-likeness (QED) is 0.843. The minimum atomic E-state index is -4.46. The van der Waals surface area contributed by atoms with Crippen LogP contribution in [-0.4, -0.2) is 11.5 Å². The number of pyridine rings is 1. The van der Waals surface area contributed by atoms with E-state index in [1.54, 1.807) is 0 Å². The highest BCUT2D eigenvalue weighted by Crippen LogP contribution is 2.31. The summed E-state index contributed by atoms with van der Waals surface area (Å²) in [6.45, 7) is 3.50. The molecule has 0 aliphatic carbocycles. The van der Waals surface area contributed by atoms with E-state index >= 15 is 0 Å². The summed E-state index contributed by atoms with van der Waals surface area (Å²) in [6.07, 6.45) is -4.46. The number of hydrogen-bond acceptors (Lipinski definition) is 2. The summed E-state index contributed by atoms with van der Waals surface area (Å²) in [5.74, 6) is 0.00150. The summed E-state index contributed by atoms with van der Waals surface area (Å²) >= 11 is 10.9. The summed E-state index contributed by atoms with van der Waals surface area (Å²) in [6, 6.07) is 1.61. The molecule has 0 aliphatic rings. The topological polar surface area (TPSA) is 24.9 Å². The first kappa shape index (κ1) is 13.1. The van der Waals surface area contributed by atoms with E-state index in [1.807, 2.05) is 0 Å². The van der Waals surface area contributed by atoms with E-state index in [9.17, 15) is 13.2 Å². The molecule has 0 unspecified atom stereocenters. The lowest BCUT2D eigenvalue weighted by Gasteiger charge is -2.10. The van der Waals surface area contributed by atoms with E-state index in [0.717, 1.165) is 12.1 Å². The first-order valence-electron chi connectivity index (χ1n) is 4.11. The van der Waals surface area contributed by atoms with Gasteiger partial charge in [0, 0.05) is 5.03 Å². The van der Waals surface area contributed by atoms with Crippen molar-refractivity contribution in [3.8, 4) is 0 Å². The van der Waals surface area contributed by atoms with E-state index in [1.165, 1.54) is 0 Å². The van der Waals surface area contributed by atoms with E-state index < -0.39 is 11.7 Å². The molecule has 0 aliphatic heterocycles. The van der Waals surface area contributed by atoms with Gasteiger partial charge >= 0.3 is 6.18 Å². The van der Waals surface area contributed by atoms with Crippen molar-refractivity contribution in [1.29, 1.82) is 0 Å². The Bertz CT molecular complexity index is 404. The van der Waals surface area contributed by atoms with Crippen molar-refractivity contribution >= 4 is 29.0 Å². The van der Waals surface area contributed by atoms with Crippen molar-refractivity contribution in [2.75, 3.05) is 11.9 Å². The molecule has 1 aromatic heterocycles. The molecule has 0 radical (unpaired) electrons. The van der Waals surface area contributed by atoms with Crippen LogP contribution in [0.25, 0.3) is 0 Å². The molecule has 1 aromatic rings. The fraction of sp³-hybridized carbons (Fsp3) is 0.222. The number of nitrogens with one attached hydrogen (secondary N) is 1. The van der Waals surface area contributed by atoms with Crippen LogP contribution in [-0.2, 0) is 6.18 Å². The zero-order chi connectivity index (χ0) is 12.3. The maximum atomic E-state index is 12.4. The maximum Gasteiger partial charge on any atom is 0.416 e. The third-order valence-electron chi connectivity index (χ3n) is 1.58. The summed E-state index contributed by atoms with van der Waals surface area (Å²) in [5, 5.41) is 2.59. The molecule has 0 spiro atoms. The Labute approximate surface area is 100 Å². The van der Waals surface area contributed by atoms with Crippen molar-refractivity contribution in [3.05, 3.63) is 34.5 Å². The Morgan fingerprint density at radius 3 is 2.56 bits per heavy atom. The van der Waals surface area contributed by atoms with Crippen LogP contribution >= 0.6 is 23.2 Å². The number of hydrogen-bond donors (Lipinski definition) is 1. The van der Waals surface area contributed by atoms with Crippen LogP contribution in [0.1, 0.15) is 5.56 Å². The highest BCUT2D eigenvalue weighted by Gasteiger charge is 2.31. The van der Waals surface area contributed by atoms with Gasteiger partial charge in [0.1, 0.15) is 11.0 Å². The smallest absolute Gasteiger partial charge is 0.365 e. The number of nitrogens with zero attached hydrogens (tertiary/aromatic N) is 1. The average molecular weight is 271 g/mol. The van der Waals surface area contributed by atoms with Gasteiger partial charge in [-0.3, -0.25) is 0 Å². The van der Waals surface area contributed by atoms with E-state index in [-0.39, 0.29) is 22.5 Å². The molecule has 2 nitrogen and oxygen atoms in total. The normalized spacial score (nSPS) is 11.3. The van der Waals surface area contributed by atoms with Crippen LogP contribution in [0.2, 0.25) is 5.15 Å². The first-order chi connectivity index (χ1) is 7.29. The molecule has 0 aromatic carbocycles. The number of halogens is 5. The van der Waals surface area contributed by atoms with Gasteiger partial charge in [-0.15, -0.1) is 0 Å². The first-order valence-corrected chi connectivity index (χ1v) is 4.86. The lowest BCUT2D eigenvalue weighted by Crippen LogP contribution is -2.09. The second-order valence-corrected chi connectivity index (χ2v) is 3.85.